The van der Waals surface area contributed by atoms with Crippen LogP contribution in [-0.2, 0) is 0 Å². The van der Waals surface area contributed by atoms with Gasteiger partial charge in [-0.1, -0.05) is 714 Å². The minimum absolute atomic E-state index is 1.25. The summed E-state index contributed by atoms with van der Waals surface area (Å²) in [5.41, 5.74) is 0. The summed E-state index contributed by atoms with van der Waals surface area (Å²) in [7, 11) is -18.0. The Kier molecular flexibility index (Phi) is 75.6. The molecule has 0 aliphatic heterocycles. The fourth-order valence-electron chi connectivity index (χ4n) is 26.0. The Morgan fingerprint density at radius 3 is 0.200 bits per heavy atom. The van der Waals surface area contributed by atoms with Gasteiger partial charge in [0.2, 0.25) is 0 Å². The van der Waals surface area contributed by atoms with Crippen LogP contribution in [0.3, 0.4) is 0 Å². The fourth-order valence-corrected chi connectivity index (χ4v) is 84.4. The van der Waals surface area contributed by atoms with Gasteiger partial charge in [0.25, 0.3) is 0 Å². The molecule has 0 rings (SSSR count). The molecule has 0 bridgehead atoms. The average molecular weight is 1960 g/mol. The largest absolute Gasteiger partial charge is 0.0691 e. The van der Waals surface area contributed by atoms with Crippen molar-refractivity contribution < 1.29 is 0 Å². The van der Waals surface area contributed by atoms with Crippen molar-refractivity contribution in [1.29, 1.82) is 0 Å². The third-order valence-corrected chi connectivity index (χ3v) is 98.4. The van der Waals surface area contributed by atoms with Crippen LogP contribution in [0.1, 0.15) is 393 Å². The Balaban J connectivity index is 9.54. The number of hydrogen-bond donors (Lipinski definition) is 0. The van der Waals surface area contributed by atoms with Gasteiger partial charge in [0, 0.05) is 0 Å². The van der Waals surface area contributed by atoms with Gasteiger partial charge >= 0.3 is 0 Å². The van der Waals surface area contributed by atoms with Gasteiger partial charge in [-0.2, -0.15) is 0 Å². The lowest BCUT2D eigenvalue weighted by Gasteiger charge is -2.39. The molecule has 0 unspecified atom stereocenters. The predicted molar refractivity (Wildman–Crippen MR) is 631 cm³/mol. The van der Waals surface area contributed by atoms with Crippen LogP contribution >= 0.6 is 0 Å². The summed E-state index contributed by atoms with van der Waals surface area (Å²) in [6.07, 6.45) is 66.2. The monoisotopic (exact) mass is 1960 g/mol. The number of unbranched alkanes of at least 4 members (excludes halogenated alkanes) is 16. The molecule has 0 saturated carbocycles. The zero-order valence-electron chi connectivity index (χ0n) is 93.9. The molecular formula is C112H252Si13. The van der Waals surface area contributed by atoms with Crippen molar-refractivity contribution >= 4 is 105 Å². The van der Waals surface area contributed by atoms with Crippen molar-refractivity contribution in [2.24, 2.45) is 0 Å². The Morgan fingerprint density at radius 2 is 0.136 bits per heavy atom. The highest BCUT2D eigenvalue weighted by Gasteiger charge is 2.42. The lowest BCUT2D eigenvalue weighted by molar-refractivity contribution is 0.801. The number of hydrogen-bond acceptors (Lipinski definition) is 0. The van der Waals surface area contributed by atoms with E-state index in [0.29, 0.717) is 0 Å². The molecule has 752 valence electrons. The van der Waals surface area contributed by atoms with Crippen LogP contribution in [0.15, 0.2) is 0 Å². The van der Waals surface area contributed by atoms with Crippen LogP contribution in [0, 0.1) is 0 Å². The molecule has 0 atom stereocenters. The molecule has 0 amide bonds. The van der Waals surface area contributed by atoms with E-state index in [1.807, 2.05) is 0 Å². The van der Waals surface area contributed by atoms with Crippen molar-refractivity contribution in [2.75, 3.05) is 0 Å². The van der Waals surface area contributed by atoms with E-state index < -0.39 is 105 Å². The summed E-state index contributed by atoms with van der Waals surface area (Å²) in [5.74, 6) is 0. The third kappa shape index (κ3) is 61.8. The Hall–Kier alpha value is 2.82. The maximum Gasteiger partial charge on any atom is 0.0535 e. The zero-order valence-corrected chi connectivity index (χ0v) is 107. The molecule has 0 N–H and O–H groups in total. The molecule has 0 heterocycles. The molecule has 0 aromatic rings. The molecule has 0 aliphatic rings. The second kappa shape index (κ2) is 73.9. The number of rotatable bonds is 96. The average Bonchev–Trinajstić information content (AvgIpc) is 0.739. The molecule has 0 spiro atoms. The first-order chi connectivity index (χ1) is 59.5. The second-order valence-corrected chi connectivity index (χ2v) is 118. The van der Waals surface area contributed by atoms with Crippen LogP contribution in [0.5, 0.6) is 0 Å². The Morgan fingerprint density at radius 1 is 0.0800 bits per heavy atom. The van der Waals surface area contributed by atoms with Crippen molar-refractivity contribution in [2.45, 2.75) is 714 Å². The second-order valence-electron chi connectivity index (χ2n) is 51.1. The van der Waals surface area contributed by atoms with Gasteiger partial charge in [0.1, 0.15) is 0 Å². The van der Waals surface area contributed by atoms with E-state index >= 15 is 0 Å². The molecule has 0 aromatic heterocycles. The summed E-state index contributed by atoms with van der Waals surface area (Å²) in [6.45, 7) is 76.2. The smallest absolute Gasteiger partial charge is 0.0535 e. The van der Waals surface area contributed by atoms with E-state index in [-0.39, 0.29) is 0 Å². The summed E-state index contributed by atoms with van der Waals surface area (Å²) in [6, 6.07) is 66.6. The van der Waals surface area contributed by atoms with Gasteiger partial charge < -0.3 is 0 Å². The summed E-state index contributed by atoms with van der Waals surface area (Å²) in [4.78, 5) is 0. The van der Waals surface area contributed by atoms with Crippen LogP contribution in [-0.4, -0.2) is 105 Å². The van der Waals surface area contributed by atoms with Crippen molar-refractivity contribution in [3.05, 3.63) is 0 Å². The van der Waals surface area contributed by atoms with E-state index in [1.165, 1.54) is 205 Å². The first-order valence-corrected chi connectivity index (χ1v) is 99.7. The molecule has 0 fully saturated rings. The van der Waals surface area contributed by atoms with Crippen LogP contribution in [0.25, 0.3) is 0 Å². The predicted octanol–water partition coefficient (Wildman–Crippen LogP) is 45.9. The highest BCUT2D eigenvalue weighted by molar-refractivity contribution is 6.86. The van der Waals surface area contributed by atoms with E-state index in [0.717, 1.165) is 0 Å². The molecule has 0 radical (unpaired) electrons. The fraction of sp³-hybridized carbons (Fsp3) is 1.00. The summed E-state index contributed by atoms with van der Waals surface area (Å²) >= 11 is 0. The van der Waals surface area contributed by atoms with E-state index in [9.17, 15) is 0 Å². The summed E-state index contributed by atoms with van der Waals surface area (Å²) < 4.78 is 0. The maximum atomic E-state index is 3.14. The van der Waals surface area contributed by atoms with Gasteiger partial charge in [0.05, 0.1) is 105 Å². The first kappa shape index (κ1) is 128. The van der Waals surface area contributed by atoms with E-state index in [2.05, 4.69) is 189 Å². The summed E-state index contributed by atoms with van der Waals surface area (Å²) in [5, 5.41) is 0. The lowest BCUT2D eigenvalue weighted by Crippen LogP contribution is -2.40. The van der Waals surface area contributed by atoms with Crippen LogP contribution in [0.2, 0.25) is 320 Å². The Bertz CT molecular complexity index is 1890. The molecule has 0 saturated heterocycles. The first-order valence-electron chi connectivity index (χ1n) is 59.5. The molecule has 0 aromatic carbocycles. The molecule has 13 heteroatoms. The molecular weight excluding hydrogens is 1710 g/mol. The minimum Gasteiger partial charge on any atom is -0.0691 e. The maximum absolute atomic E-state index is 3.14. The van der Waals surface area contributed by atoms with Gasteiger partial charge in [0.15, 0.2) is 0 Å². The minimum atomic E-state index is -1.78. The van der Waals surface area contributed by atoms with Gasteiger partial charge in [-0.05, 0) is 0 Å². The van der Waals surface area contributed by atoms with Crippen molar-refractivity contribution in [3.63, 3.8) is 0 Å². The topological polar surface area (TPSA) is 0 Å². The van der Waals surface area contributed by atoms with E-state index in [4.69, 9.17) is 0 Å². The van der Waals surface area contributed by atoms with Gasteiger partial charge in [-0.3, -0.25) is 0 Å². The zero-order chi connectivity index (χ0) is 93.9. The highest BCUT2D eigenvalue weighted by atomic mass is 28.4. The molecule has 0 nitrogen and oxygen atoms in total. The highest BCUT2D eigenvalue weighted by Crippen LogP contribution is 2.47. The van der Waals surface area contributed by atoms with Gasteiger partial charge in [-0.25, -0.2) is 0 Å². The van der Waals surface area contributed by atoms with Gasteiger partial charge in [-0.15, -0.1) is 0 Å². The quantitative estimate of drug-likeness (QED) is 0.0533. The van der Waals surface area contributed by atoms with Crippen LogP contribution < -0.4 is 0 Å². The van der Waals surface area contributed by atoms with E-state index in [1.54, 1.807) is 319 Å². The Labute approximate surface area is 811 Å². The van der Waals surface area contributed by atoms with Crippen LogP contribution in [0.4, 0.5) is 0 Å². The molecule has 0 aliphatic carbocycles. The van der Waals surface area contributed by atoms with Crippen molar-refractivity contribution in [3.8, 4) is 0 Å². The molecule has 125 heavy (non-hydrogen) atoms. The van der Waals surface area contributed by atoms with Crippen molar-refractivity contribution in [1.82, 2.24) is 0 Å². The standard InChI is InChI=1S/C112H252Si13/c1-29-45-73-113(17,74-46-30-2)89-61-97-121(25,98-62-90-114(18,75-47-31-3)76-48-32-4)105-69-109-125(110-70-106-122(26,99-63-91-115(19,77-49-33-5)78-50-34-6)100-64-92-116(20,79-51-35-7)80-52-36-8,111-71-107-123(27,101-65-93-117(21,81-53-37-9)82-54-38-10)102-66-94-118(22,83-55-39-11)84-56-40-12)112-72-108-124(28,103-67-95-119(23,85-57-41-13)86-58-42-14)104-68-96-120(24,87-59-43-15)88-60-44-16/h29-112H2,1-28H3. The normalized spacial score (nSPS) is 13.7. The lowest BCUT2D eigenvalue weighted by atomic mass is 10.4. The SMILES string of the molecule is CCCC[Si](C)(CCCC)CCC[Si](C)(CCC[Si](C)(CCCC)CCCC)CCC[Si](CCC[Si](C)(CCC[Si](C)(CCCC)CCCC)CCC[Si](C)(CCCC)CCCC)(CCC[Si](C)(CCC[Si](C)(CCCC)CCCC)CCC[Si](C)(CCCC)CCCC)CCC[Si](C)(CCC[Si](C)(CCCC)CCCC)CCC[Si](C)(CCCC)CCCC. The third-order valence-electron chi connectivity index (χ3n) is 36.6.